The first-order chi connectivity index (χ1) is 32.0. The van der Waals surface area contributed by atoms with Crippen molar-refractivity contribution in [1.82, 2.24) is 0 Å². The third-order valence-electron chi connectivity index (χ3n) is 15.2. The second kappa shape index (κ2) is 17.5. The molecule has 6 N–H and O–H groups in total. The van der Waals surface area contributed by atoms with Gasteiger partial charge in [0.1, 0.15) is 34.5 Å². The van der Waals surface area contributed by atoms with Gasteiger partial charge in [0.05, 0.1) is 0 Å². The average molecular weight is 945 g/mol. The van der Waals surface area contributed by atoms with E-state index in [2.05, 4.69) is 159 Å². The fraction of sp³-hybridized carbons (Fsp3) is 0.438. The molecule has 6 aromatic rings. The summed E-state index contributed by atoms with van der Waals surface area (Å²) in [5, 5.41) is 73.6. The van der Waals surface area contributed by atoms with Crippen LogP contribution >= 0.6 is 0 Å². The number of rotatable bonds is 0. The minimum atomic E-state index is -0.646. The van der Waals surface area contributed by atoms with Crippen molar-refractivity contribution in [3.8, 4) is 34.5 Å². The quantitative estimate of drug-likeness (QED) is 0.0902. The van der Waals surface area contributed by atoms with E-state index in [4.69, 9.17) is 0 Å². The summed E-state index contributed by atoms with van der Waals surface area (Å²) >= 11 is 0. The SMILES string of the molecule is Cc1cc2c(O)c(c1)Cc1cc(cc(C(C)(C)C)c1O)C(C)(C)c1cc(c(O)c(C(C)(C)C)c1)Cc1cc(C)cc(c1O)Cc1cc(cc(C(C)(C)C)c1O)C(C)(C)c1cc(c(O)c(C(C)(C)C)c1)C2. The summed E-state index contributed by atoms with van der Waals surface area (Å²) in [6.07, 6.45) is 1.03. The Kier molecular flexibility index (Phi) is 13.0. The largest absolute Gasteiger partial charge is 0.507 e. The first kappa shape index (κ1) is 52.0. The zero-order valence-electron chi connectivity index (χ0n) is 45.4. The van der Waals surface area contributed by atoms with Gasteiger partial charge in [-0.1, -0.05) is 195 Å². The normalized spacial score (nSPS) is 15.3. The molecule has 12 bridgehead atoms. The second-order valence-corrected chi connectivity index (χ2v) is 25.9. The minimum absolute atomic E-state index is 0.125. The van der Waals surface area contributed by atoms with Crippen LogP contribution in [0.5, 0.6) is 34.5 Å². The van der Waals surface area contributed by atoms with Crippen molar-refractivity contribution in [1.29, 1.82) is 0 Å². The highest BCUT2D eigenvalue weighted by molar-refractivity contribution is 5.61. The number of aromatic hydroxyl groups is 6. The van der Waals surface area contributed by atoms with Crippen molar-refractivity contribution >= 4 is 0 Å². The lowest BCUT2D eigenvalue weighted by Gasteiger charge is -2.33. The topological polar surface area (TPSA) is 121 Å². The maximum absolute atomic E-state index is 12.4. The molecule has 0 amide bonds. The van der Waals surface area contributed by atoms with E-state index in [0.29, 0.717) is 44.5 Å². The summed E-state index contributed by atoms with van der Waals surface area (Å²) in [6.45, 7) is 37.9. The number of hydrogen-bond donors (Lipinski definition) is 6. The van der Waals surface area contributed by atoms with Crippen molar-refractivity contribution < 1.29 is 30.6 Å². The third-order valence-corrected chi connectivity index (χ3v) is 15.2. The lowest BCUT2D eigenvalue weighted by atomic mass is 9.71. The molecule has 0 atom stereocenters. The third kappa shape index (κ3) is 9.77. The van der Waals surface area contributed by atoms with Crippen LogP contribution in [-0.4, -0.2) is 30.6 Å². The van der Waals surface area contributed by atoms with Crippen LogP contribution in [0.3, 0.4) is 0 Å². The van der Waals surface area contributed by atoms with Gasteiger partial charge in [-0.25, -0.2) is 0 Å². The summed E-state index contributed by atoms with van der Waals surface area (Å²) in [7, 11) is 0. The molecule has 6 nitrogen and oxygen atoms in total. The minimum Gasteiger partial charge on any atom is -0.507 e. The number of fused-ring (bicyclic) bond motifs is 12. The molecule has 0 aliphatic heterocycles. The van der Waals surface area contributed by atoms with Gasteiger partial charge >= 0.3 is 0 Å². The molecule has 1 aliphatic rings. The monoisotopic (exact) mass is 945 g/mol. The molecule has 0 aromatic heterocycles. The smallest absolute Gasteiger partial charge is 0.122 e. The molecule has 0 saturated heterocycles. The first-order valence-corrected chi connectivity index (χ1v) is 25.1. The van der Waals surface area contributed by atoms with E-state index in [-0.39, 0.29) is 60.2 Å². The van der Waals surface area contributed by atoms with E-state index >= 15 is 0 Å². The Morgan fingerprint density at radius 3 is 0.629 bits per heavy atom. The Balaban J connectivity index is 1.59. The lowest BCUT2D eigenvalue weighted by molar-refractivity contribution is 0.437. The predicted octanol–water partition coefficient (Wildman–Crippen LogP) is 15.1. The molecular formula is C64H80O6. The average Bonchev–Trinajstić information content (AvgIpc) is 3.21. The molecule has 0 spiro atoms. The highest BCUT2D eigenvalue weighted by Gasteiger charge is 2.35. The van der Waals surface area contributed by atoms with Crippen LogP contribution in [0, 0.1) is 13.8 Å². The molecule has 0 radical (unpaired) electrons. The number of phenolic OH excluding ortho intramolecular Hbond substituents is 6. The first-order valence-electron chi connectivity index (χ1n) is 25.1. The van der Waals surface area contributed by atoms with E-state index in [9.17, 15) is 30.6 Å². The van der Waals surface area contributed by atoms with E-state index in [1.165, 1.54) is 0 Å². The van der Waals surface area contributed by atoms with Gasteiger partial charge in [0.25, 0.3) is 0 Å². The molecule has 1 aliphatic carbocycles. The summed E-state index contributed by atoms with van der Waals surface area (Å²) in [5.74, 6) is 1.02. The highest BCUT2D eigenvalue weighted by Crippen LogP contribution is 2.48. The van der Waals surface area contributed by atoms with Crippen LogP contribution in [0.25, 0.3) is 0 Å². The molecule has 0 heterocycles. The Bertz CT molecular complexity index is 2640. The van der Waals surface area contributed by atoms with Crippen molar-refractivity contribution in [3.05, 3.63) is 173 Å². The van der Waals surface area contributed by atoms with E-state index in [1.807, 2.05) is 38.1 Å². The van der Waals surface area contributed by atoms with Crippen molar-refractivity contribution in [2.75, 3.05) is 0 Å². The second-order valence-electron chi connectivity index (χ2n) is 25.9. The van der Waals surface area contributed by atoms with E-state index < -0.39 is 32.5 Å². The maximum atomic E-state index is 12.4. The van der Waals surface area contributed by atoms with Crippen molar-refractivity contribution in [3.63, 3.8) is 0 Å². The maximum Gasteiger partial charge on any atom is 0.122 e. The van der Waals surface area contributed by atoms with Gasteiger partial charge in [-0.15, -0.1) is 0 Å². The van der Waals surface area contributed by atoms with Crippen molar-refractivity contribution in [2.45, 2.75) is 183 Å². The van der Waals surface area contributed by atoms with Gasteiger partial charge in [0, 0.05) is 36.5 Å². The van der Waals surface area contributed by atoms with E-state index in [0.717, 1.165) is 55.6 Å². The predicted molar refractivity (Wildman–Crippen MR) is 288 cm³/mol. The molecule has 372 valence electrons. The molecule has 6 aromatic carbocycles. The Morgan fingerprint density at radius 2 is 0.457 bits per heavy atom. The highest BCUT2D eigenvalue weighted by atomic mass is 16.3. The zero-order chi connectivity index (χ0) is 52.2. The number of phenols is 6. The van der Waals surface area contributed by atoms with Gasteiger partial charge < -0.3 is 30.6 Å². The molecule has 0 fully saturated rings. The van der Waals surface area contributed by atoms with Gasteiger partial charge in [-0.05, 0) is 125 Å². The van der Waals surface area contributed by atoms with Gasteiger partial charge in [-0.3, -0.25) is 0 Å². The summed E-state index contributed by atoms with van der Waals surface area (Å²) in [6, 6.07) is 24.6. The summed E-state index contributed by atoms with van der Waals surface area (Å²) in [4.78, 5) is 0. The standard InChI is InChI=1S/C64H80O6/c1-35-19-37-23-41-27-45(31-49(55(41)67)59(3,4)5)63(15,16)47-29-43(57(69)51(33-47)61(9,10)11)25-39-21-36(2)22-40(54(39)66)26-44-30-48(34-52(58(44)70)62(12,13)14)64(17,18)46-28-42(24-38(20-35)53(37)65)56(68)50(32-46)60(6,7)8/h19-22,27-34,65-70H,23-26H2,1-18H3. The number of hydrogen-bond acceptors (Lipinski definition) is 6. The number of benzene rings is 6. The molecule has 70 heavy (non-hydrogen) atoms. The van der Waals surface area contributed by atoms with Crippen LogP contribution in [-0.2, 0) is 58.2 Å². The molecule has 0 saturated carbocycles. The lowest BCUT2D eigenvalue weighted by Crippen LogP contribution is -2.24. The van der Waals surface area contributed by atoms with Gasteiger partial charge in [0.2, 0.25) is 0 Å². The van der Waals surface area contributed by atoms with Crippen LogP contribution < -0.4 is 0 Å². The van der Waals surface area contributed by atoms with Gasteiger partial charge in [-0.2, -0.15) is 0 Å². The summed E-state index contributed by atoms with van der Waals surface area (Å²) in [5.41, 5.74) is 11.4. The fourth-order valence-corrected chi connectivity index (χ4v) is 10.6. The van der Waals surface area contributed by atoms with Crippen LogP contribution in [0.1, 0.15) is 211 Å². The number of aryl methyl sites for hydroxylation is 2. The van der Waals surface area contributed by atoms with Crippen LogP contribution in [0.2, 0.25) is 0 Å². The molecule has 6 heteroatoms. The Morgan fingerprint density at radius 1 is 0.286 bits per heavy atom. The Labute approximate surface area is 419 Å². The molecule has 0 unspecified atom stereocenters. The van der Waals surface area contributed by atoms with Crippen LogP contribution in [0.15, 0.2) is 72.8 Å². The van der Waals surface area contributed by atoms with Gasteiger partial charge in [0.15, 0.2) is 0 Å². The molecule has 7 rings (SSSR count). The Hall–Kier alpha value is -5.88. The fourth-order valence-electron chi connectivity index (χ4n) is 10.6. The zero-order valence-corrected chi connectivity index (χ0v) is 45.4. The van der Waals surface area contributed by atoms with Crippen molar-refractivity contribution in [2.24, 2.45) is 0 Å². The molecular weight excluding hydrogens is 865 g/mol. The summed E-state index contributed by atoms with van der Waals surface area (Å²) < 4.78 is 0. The van der Waals surface area contributed by atoms with E-state index in [1.54, 1.807) is 0 Å². The van der Waals surface area contributed by atoms with Crippen LogP contribution in [0.4, 0.5) is 0 Å².